The van der Waals surface area contributed by atoms with Crippen LogP contribution >= 0.6 is 0 Å². The first kappa shape index (κ1) is 11.0. The Morgan fingerprint density at radius 1 is 0.875 bits per heavy atom. The fourth-order valence-corrected chi connectivity index (χ4v) is 3.56. The van der Waals surface area contributed by atoms with E-state index in [0.717, 1.165) is 12.1 Å². The molecule has 4 heteroatoms. The number of piperazine rings is 2. The van der Waals surface area contributed by atoms with Crippen LogP contribution in [0.1, 0.15) is 6.42 Å². The molecule has 3 heterocycles. The van der Waals surface area contributed by atoms with Gasteiger partial charge in [0.05, 0.1) is 0 Å². The first-order valence-corrected chi connectivity index (χ1v) is 6.72. The van der Waals surface area contributed by atoms with Gasteiger partial charge in [-0.1, -0.05) is 0 Å². The van der Waals surface area contributed by atoms with Crippen molar-refractivity contribution in [3.8, 4) is 0 Å². The highest BCUT2D eigenvalue weighted by atomic mass is 15.3. The van der Waals surface area contributed by atoms with Crippen LogP contribution in [0.4, 0.5) is 0 Å². The van der Waals surface area contributed by atoms with Crippen molar-refractivity contribution >= 4 is 0 Å². The Labute approximate surface area is 98.6 Å². The van der Waals surface area contributed by atoms with Crippen LogP contribution in [-0.2, 0) is 0 Å². The maximum Gasteiger partial charge on any atom is 0.0379 e. The molecular formula is C12H24N4. The van der Waals surface area contributed by atoms with Gasteiger partial charge in [-0.3, -0.25) is 9.80 Å². The van der Waals surface area contributed by atoms with E-state index in [0.29, 0.717) is 0 Å². The lowest BCUT2D eigenvalue weighted by Gasteiger charge is -2.42. The summed E-state index contributed by atoms with van der Waals surface area (Å²) in [6.07, 6.45) is 1.39. The van der Waals surface area contributed by atoms with Gasteiger partial charge in [-0.15, -0.1) is 0 Å². The average molecular weight is 224 g/mol. The van der Waals surface area contributed by atoms with Crippen molar-refractivity contribution in [1.29, 1.82) is 0 Å². The lowest BCUT2D eigenvalue weighted by molar-refractivity contribution is 0.0696. The monoisotopic (exact) mass is 224 g/mol. The van der Waals surface area contributed by atoms with Crippen molar-refractivity contribution in [3.63, 3.8) is 0 Å². The molecule has 3 aliphatic heterocycles. The summed E-state index contributed by atoms with van der Waals surface area (Å²) in [5, 5.41) is 3.45. The molecule has 92 valence electrons. The molecule has 0 aromatic heterocycles. The molecule has 16 heavy (non-hydrogen) atoms. The fraction of sp³-hybridized carbons (Fsp3) is 1.00. The first-order valence-electron chi connectivity index (χ1n) is 6.72. The quantitative estimate of drug-likeness (QED) is 0.634. The Hall–Kier alpha value is -0.160. The highest BCUT2D eigenvalue weighted by Gasteiger charge is 2.40. The molecule has 0 aromatic carbocycles. The summed E-state index contributed by atoms with van der Waals surface area (Å²) in [7, 11) is 2.27. The zero-order valence-electron chi connectivity index (χ0n) is 10.4. The minimum absolute atomic E-state index is 0.803. The Balaban J connectivity index is 1.66. The maximum absolute atomic E-state index is 3.45. The van der Waals surface area contributed by atoms with Crippen molar-refractivity contribution in [2.24, 2.45) is 0 Å². The predicted octanol–water partition coefficient (Wildman–Crippen LogP) is -0.720. The summed E-state index contributed by atoms with van der Waals surface area (Å²) in [6.45, 7) is 9.99. The summed E-state index contributed by atoms with van der Waals surface area (Å²) < 4.78 is 0. The van der Waals surface area contributed by atoms with Gasteiger partial charge in [0, 0.05) is 64.4 Å². The van der Waals surface area contributed by atoms with Gasteiger partial charge >= 0.3 is 0 Å². The Morgan fingerprint density at radius 3 is 2.44 bits per heavy atom. The molecule has 3 fully saturated rings. The van der Waals surface area contributed by atoms with E-state index in [9.17, 15) is 0 Å². The number of fused-ring (bicyclic) bond motifs is 1. The number of nitrogens with one attached hydrogen (secondary N) is 1. The maximum atomic E-state index is 3.45. The molecule has 3 rings (SSSR count). The Bertz CT molecular complexity index is 239. The predicted molar refractivity (Wildman–Crippen MR) is 65.7 cm³/mol. The third-order valence-corrected chi connectivity index (χ3v) is 4.51. The van der Waals surface area contributed by atoms with Gasteiger partial charge < -0.3 is 10.2 Å². The number of nitrogens with zero attached hydrogens (tertiary/aromatic N) is 3. The van der Waals surface area contributed by atoms with Gasteiger partial charge in [0.25, 0.3) is 0 Å². The molecule has 4 nitrogen and oxygen atoms in total. The van der Waals surface area contributed by atoms with Gasteiger partial charge in [-0.2, -0.15) is 0 Å². The van der Waals surface area contributed by atoms with E-state index in [1.807, 2.05) is 0 Å². The summed E-state index contributed by atoms with van der Waals surface area (Å²) >= 11 is 0. The molecule has 0 spiro atoms. The van der Waals surface area contributed by atoms with Crippen molar-refractivity contribution in [3.05, 3.63) is 0 Å². The standard InChI is InChI=1S/C12H24N4/c1-14-8-9-15-5-2-11(12(15)10-14)16-6-3-13-4-7-16/h11-13H,2-10H2,1H3. The number of hydrogen-bond acceptors (Lipinski definition) is 4. The van der Waals surface area contributed by atoms with Gasteiger partial charge in [0.2, 0.25) is 0 Å². The lowest BCUT2D eigenvalue weighted by atomic mass is 10.0. The second-order valence-electron chi connectivity index (χ2n) is 5.51. The summed E-state index contributed by atoms with van der Waals surface area (Å²) in [6, 6.07) is 1.63. The first-order chi connectivity index (χ1) is 7.84. The molecule has 0 radical (unpaired) electrons. The molecule has 0 saturated carbocycles. The van der Waals surface area contributed by atoms with Gasteiger partial charge in [-0.05, 0) is 13.5 Å². The van der Waals surface area contributed by atoms with Crippen LogP contribution < -0.4 is 5.32 Å². The molecule has 3 aliphatic rings. The van der Waals surface area contributed by atoms with Crippen molar-refractivity contribution in [2.45, 2.75) is 18.5 Å². The van der Waals surface area contributed by atoms with Gasteiger partial charge in [0.15, 0.2) is 0 Å². The van der Waals surface area contributed by atoms with Crippen LogP contribution in [0.15, 0.2) is 0 Å². The third kappa shape index (κ3) is 1.99. The highest BCUT2D eigenvalue weighted by molar-refractivity contribution is 4.98. The number of rotatable bonds is 1. The minimum atomic E-state index is 0.803. The smallest absolute Gasteiger partial charge is 0.0379 e. The SMILES string of the molecule is CN1CCN2CCC(N3CCNCC3)C2C1. The van der Waals surface area contributed by atoms with Crippen LogP contribution in [0, 0.1) is 0 Å². The van der Waals surface area contributed by atoms with E-state index in [2.05, 4.69) is 27.1 Å². The molecule has 1 N–H and O–H groups in total. The summed E-state index contributed by atoms with van der Waals surface area (Å²) in [4.78, 5) is 7.94. The molecule has 2 unspecified atom stereocenters. The average Bonchev–Trinajstić information content (AvgIpc) is 2.73. The molecule has 2 atom stereocenters. The highest BCUT2D eigenvalue weighted by Crippen LogP contribution is 2.26. The topological polar surface area (TPSA) is 21.8 Å². The Morgan fingerprint density at radius 2 is 1.62 bits per heavy atom. The van der Waals surface area contributed by atoms with Gasteiger partial charge in [0.1, 0.15) is 0 Å². The van der Waals surface area contributed by atoms with E-state index >= 15 is 0 Å². The molecule has 3 saturated heterocycles. The third-order valence-electron chi connectivity index (χ3n) is 4.51. The zero-order valence-corrected chi connectivity index (χ0v) is 10.4. The normalized spacial score (nSPS) is 38.8. The van der Waals surface area contributed by atoms with E-state index in [4.69, 9.17) is 0 Å². The number of hydrogen-bond donors (Lipinski definition) is 1. The molecular weight excluding hydrogens is 200 g/mol. The second-order valence-corrected chi connectivity index (χ2v) is 5.51. The van der Waals surface area contributed by atoms with Crippen LogP contribution in [0.3, 0.4) is 0 Å². The van der Waals surface area contributed by atoms with Crippen LogP contribution in [-0.4, -0.2) is 86.2 Å². The minimum Gasteiger partial charge on any atom is -0.314 e. The largest absolute Gasteiger partial charge is 0.314 e. The fourth-order valence-electron chi connectivity index (χ4n) is 3.56. The van der Waals surface area contributed by atoms with Crippen LogP contribution in [0.5, 0.6) is 0 Å². The van der Waals surface area contributed by atoms with Crippen LogP contribution in [0.2, 0.25) is 0 Å². The molecule has 0 bridgehead atoms. The molecule has 0 aliphatic carbocycles. The number of likely N-dealkylation sites (N-methyl/N-ethyl adjacent to an activating group) is 1. The molecule has 0 amide bonds. The summed E-state index contributed by atoms with van der Waals surface area (Å²) in [5.74, 6) is 0. The van der Waals surface area contributed by atoms with E-state index in [1.165, 1.54) is 58.8 Å². The zero-order chi connectivity index (χ0) is 11.0. The van der Waals surface area contributed by atoms with Crippen molar-refractivity contribution in [2.75, 3.05) is 59.4 Å². The van der Waals surface area contributed by atoms with E-state index in [1.54, 1.807) is 0 Å². The van der Waals surface area contributed by atoms with Crippen LogP contribution in [0.25, 0.3) is 0 Å². The lowest BCUT2D eigenvalue weighted by Crippen LogP contribution is -2.58. The van der Waals surface area contributed by atoms with E-state index < -0.39 is 0 Å². The van der Waals surface area contributed by atoms with Crippen molar-refractivity contribution in [1.82, 2.24) is 20.0 Å². The van der Waals surface area contributed by atoms with Crippen molar-refractivity contribution < 1.29 is 0 Å². The Kier molecular flexibility index (Phi) is 3.16. The van der Waals surface area contributed by atoms with Gasteiger partial charge in [-0.25, -0.2) is 0 Å². The van der Waals surface area contributed by atoms with E-state index in [-0.39, 0.29) is 0 Å². The second kappa shape index (κ2) is 4.61. The molecule has 0 aromatic rings. The summed E-state index contributed by atoms with van der Waals surface area (Å²) in [5.41, 5.74) is 0.